The van der Waals surface area contributed by atoms with Crippen molar-refractivity contribution in [3.63, 3.8) is 0 Å². The van der Waals surface area contributed by atoms with Crippen LogP contribution < -0.4 is 4.74 Å². The number of hydrogen-bond donors (Lipinski definition) is 1. The number of furan rings is 1. The fraction of sp³-hybridized carbons (Fsp3) is 0.310. The third-order valence-corrected chi connectivity index (χ3v) is 6.37. The van der Waals surface area contributed by atoms with Crippen molar-refractivity contribution in [2.24, 2.45) is 0 Å². The van der Waals surface area contributed by atoms with Crippen LogP contribution in [-0.4, -0.2) is 33.7 Å². The Morgan fingerprint density at radius 2 is 1.86 bits per heavy atom. The maximum atomic E-state index is 13.4. The zero-order valence-electron chi connectivity index (χ0n) is 20.1. The van der Waals surface area contributed by atoms with E-state index in [2.05, 4.69) is 5.16 Å². The van der Waals surface area contributed by atoms with E-state index in [-0.39, 0.29) is 17.8 Å². The van der Waals surface area contributed by atoms with Gasteiger partial charge in [-0.15, -0.1) is 0 Å². The Hall–Kier alpha value is -4.00. The average Bonchev–Trinajstić information content (AvgIpc) is 3.41. The summed E-state index contributed by atoms with van der Waals surface area (Å²) >= 11 is 0. The summed E-state index contributed by atoms with van der Waals surface area (Å²) in [6.07, 6.45) is 7.26. The molecule has 0 radical (unpaired) electrons. The Kier molecular flexibility index (Phi) is 7.36. The van der Waals surface area contributed by atoms with Crippen molar-refractivity contribution < 1.29 is 23.6 Å². The number of carbonyl (C=O) groups is 1. The predicted molar refractivity (Wildman–Crippen MR) is 135 cm³/mol. The Labute approximate surface area is 210 Å². The van der Waals surface area contributed by atoms with Crippen molar-refractivity contribution >= 4 is 5.91 Å². The summed E-state index contributed by atoms with van der Waals surface area (Å²) in [6, 6.07) is 21.1. The van der Waals surface area contributed by atoms with Crippen LogP contribution in [0.1, 0.15) is 53.8 Å². The molecule has 0 spiro atoms. The molecule has 1 fully saturated rings. The molecule has 1 amide bonds. The molecular weight excluding hydrogens is 456 g/mol. The average molecular weight is 487 g/mol. The largest absolute Gasteiger partial charge is 0.493 e. The molecule has 7 nitrogen and oxygen atoms in total. The van der Waals surface area contributed by atoms with Crippen LogP contribution in [0.25, 0.3) is 11.3 Å². The summed E-state index contributed by atoms with van der Waals surface area (Å²) in [7, 11) is 0. The van der Waals surface area contributed by atoms with Crippen LogP contribution in [0.2, 0.25) is 0 Å². The number of aromatic hydroxyl groups is 1. The van der Waals surface area contributed by atoms with Crippen molar-refractivity contribution in [1.82, 2.24) is 10.1 Å². The number of amides is 1. The molecule has 1 N–H and O–H groups in total. The maximum Gasteiger partial charge on any atom is 0.254 e. The Balaban J connectivity index is 1.17. The summed E-state index contributed by atoms with van der Waals surface area (Å²) in [6.45, 7) is 1.12. The highest BCUT2D eigenvalue weighted by atomic mass is 16.5. The highest BCUT2D eigenvalue weighted by Crippen LogP contribution is 2.32. The van der Waals surface area contributed by atoms with E-state index in [0.717, 1.165) is 61.2 Å². The van der Waals surface area contributed by atoms with Crippen molar-refractivity contribution in [2.75, 3.05) is 6.61 Å². The predicted octanol–water partition coefficient (Wildman–Crippen LogP) is 6.24. The highest BCUT2D eigenvalue weighted by Gasteiger charge is 2.33. The van der Waals surface area contributed by atoms with Gasteiger partial charge in [0.25, 0.3) is 11.8 Å². The molecular formula is C29H30N2O5. The number of unbranched alkanes of at least 4 members (excludes halogenated alkanes) is 2. The van der Waals surface area contributed by atoms with Gasteiger partial charge in [-0.25, -0.2) is 0 Å². The zero-order valence-corrected chi connectivity index (χ0v) is 20.1. The number of ether oxygens (including phenoxy) is 1. The third kappa shape index (κ3) is 5.97. The minimum Gasteiger partial charge on any atom is -0.493 e. The van der Waals surface area contributed by atoms with Crippen molar-refractivity contribution in [3.8, 4) is 23.0 Å². The van der Waals surface area contributed by atoms with Crippen LogP contribution in [-0.2, 0) is 13.0 Å². The van der Waals surface area contributed by atoms with E-state index in [1.807, 2.05) is 65.6 Å². The fourth-order valence-electron chi connectivity index (χ4n) is 4.28. The standard InChI is InChI=1S/C29H30N2O5/c32-28-19-25(36-30-28)8-2-1-5-17-34-27-9-4-3-7-23(27)20-31(24-15-16-24)29(33)22-13-11-21(12-14-22)26-10-6-18-35-26/h3-4,6-7,9-14,18-19,24H,1-2,5,8,15-17,20H2,(H,30,32). The molecule has 0 unspecified atom stereocenters. The molecule has 4 aromatic rings. The number of aryl methyl sites for hydroxylation is 1. The molecule has 0 bridgehead atoms. The number of carbonyl (C=O) groups excluding carboxylic acids is 1. The van der Waals surface area contributed by atoms with E-state index in [9.17, 15) is 9.90 Å². The lowest BCUT2D eigenvalue weighted by atomic mass is 10.1. The molecule has 1 aliphatic carbocycles. The third-order valence-electron chi connectivity index (χ3n) is 6.37. The molecule has 5 rings (SSSR count). The van der Waals surface area contributed by atoms with E-state index in [0.29, 0.717) is 24.5 Å². The molecule has 1 aliphatic rings. The van der Waals surface area contributed by atoms with Gasteiger partial charge in [0.05, 0.1) is 12.9 Å². The minimum absolute atomic E-state index is 0.0387. The van der Waals surface area contributed by atoms with Crippen molar-refractivity contribution in [1.29, 1.82) is 0 Å². The van der Waals surface area contributed by atoms with Crippen LogP contribution in [0.3, 0.4) is 0 Å². The molecule has 36 heavy (non-hydrogen) atoms. The first-order chi connectivity index (χ1) is 17.7. The number of nitrogens with zero attached hydrogens (tertiary/aromatic N) is 2. The van der Waals surface area contributed by atoms with Gasteiger partial charge in [-0.1, -0.05) is 30.3 Å². The number of aromatic nitrogens is 1. The lowest BCUT2D eigenvalue weighted by Gasteiger charge is -2.24. The van der Waals surface area contributed by atoms with Crippen molar-refractivity contribution in [3.05, 3.63) is 89.9 Å². The maximum absolute atomic E-state index is 13.4. The van der Waals surface area contributed by atoms with Gasteiger partial charge in [-0.05, 0) is 67.6 Å². The molecule has 0 saturated heterocycles. The van der Waals surface area contributed by atoms with Gasteiger partial charge in [-0.2, -0.15) is 0 Å². The van der Waals surface area contributed by atoms with Gasteiger partial charge in [-0.3, -0.25) is 4.79 Å². The molecule has 2 heterocycles. The smallest absolute Gasteiger partial charge is 0.254 e. The molecule has 7 heteroatoms. The Bertz CT molecular complexity index is 1260. The topological polar surface area (TPSA) is 88.9 Å². The molecule has 0 atom stereocenters. The number of para-hydroxylation sites is 1. The lowest BCUT2D eigenvalue weighted by Crippen LogP contribution is -2.32. The van der Waals surface area contributed by atoms with Crippen LogP contribution in [0.15, 0.2) is 81.9 Å². The van der Waals surface area contributed by atoms with Crippen LogP contribution in [0, 0.1) is 0 Å². The van der Waals surface area contributed by atoms with Gasteiger partial charge in [0.15, 0.2) is 0 Å². The first-order valence-electron chi connectivity index (χ1n) is 12.5. The highest BCUT2D eigenvalue weighted by molar-refractivity contribution is 5.95. The minimum atomic E-state index is -0.0745. The summed E-state index contributed by atoms with van der Waals surface area (Å²) in [4.78, 5) is 15.4. The zero-order chi connectivity index (χ0) is 24.7. The van der Waals surface area contributed by atoms with E-state index in [1.165, 1.54) is 0 Å². The van der Waals surface area contributed by atoms with Crippen molar-refractivity contribution in [2.45, 2.75) is 51.1 Å². The lowest BCUT2D eigenvalue weighted by molar-refractivity contribution is 0.0728. The van der Waals surface area contributed by atoms with E-state index >= 15 is 0 Å². The quantitative estimate of drug-likeness (QED) is 0.239. The van der Waals surface area contributed by atoms with Gasteiger partial charge in [0.2, 0.25) is 0 Å². The monoisotopic (exact) mass is 486 g/mol. The Morgan fingerprint density at radius 3 is 2.58 bits per heavy atom. The number of benzene rings is 2. The van der Waals surface area contributed by atoms with Gasteiger partial charge >= 0.3 is 0 Å². The van der Waals surface area contributed by atoms with Gasteiger partial charge < -0.3 is 23.7 Å². The molecule has 186 valence electrons. The summed E-state index contributed by atoms with van der Waals surface area (Å²) in [5.74, 6) is 2.27. The normalized spacial score (nSPS) is 13.0. The summed E-state index contributed by atoms with van der Waals surface area (Å²) in [5, 5.41) is 12.7. The first-order valence-corrected chi connectivity index (χ1v) is 12.5. The second kappa shape index (κ2) is 11.2. The summed E-state index contributed by atoms with van der Waals surface area (Å²) < 4.78 is 16.6. The second-order valence-electron chi connectivity index (χ2n) is 9.14. The molecule has 2 aromatic carbocycles. The van der Waals surface area contributed by atoms with E-state index < -0.39 is 0 Å². The SMILES string of the molecule is O=C(c1ccc(-c2ccco2)cc1)N(Cc1ccccc1OCCCCCc1cc(O)no1)C1CC1. The van der Waals surface area contributed by atoms with Crippen LogP contribution in [0.5, 0.6) is 11.6 Å². The van der Waals surface area contributed by atoms with E-state index in [4.69, 9.17) is 13.7 Å². The summed E-state index contributed by atoms with van der Waals surface area (Å²) in [5.41, 5.74) is 2.64. The number of hydrogen-bond acceptors (Lipinski definition) is 6. The molecule has 2 aromatic heterocycles. The Morgan fingerprint density at radius 1 is 1.03 bits per heavy atom. The van der Waals surface area contributed by atoms with Gasteiger partial charge in [0, 0.05) is 41.8 Å². The first kappa shape index (κ1) is 23.7. The second-order valence-corrected chi connectivity index (χ2v) is 9.14. The van der Waals surface area contributed by atoms with Crippen LogP contribution in [0.4, 0.5) is 0 Å². The number of rotatable bonds is 12. The molecule has 1 saturated carbocycles. The van der Waals surface area contributed by atoms with Gasteiger partial charge in [0.1, 0.15) is 17.3 Å². The molecule has 0 aliphatic heterocycles. The van der Waals surface area contributed by atoms with E-state index in [1.54, 1.807) is 12.3 Å². The fourth-order valence-corrected chi connectivity index (χ4v) is 4.28. The van der Waals surface area contributed by atoms with Crippen LogP contribution >= 0.6 is 0 Å².